The van der Waals surface area contributed by atoms with Crippen LogP contribution in [0.3, 0.4) is 0 Å². The molecular formula is C30H33N5O3. The molecule has 4 aromatic rings. The molecule has 0 aliphatic carbocycles. The zero-order valence-corrected chi connectivity index (χ0v) is 21.8. The first-order valence-corrected chi connectivity index (χ1v) is 13.4. The molecule has 0 unspecified atom stereocenters. The highest BCUT2D eigenvalue weighted by atomic mass is 16.3. The number of rotatable bonds is 5. The molecule has 8 heteroatoms. The number of furan rings is 1. The molecular weight excluding hydrogens is 478 g/mol. The van der Waals surface area contributed by atoms with Crippen LogP contribution in [-0.2, 0) is 11.3 Å². The van der Waals surface area contributed by atoms with Gasteiger partial charge in [-0.3, -0.25) is 9.59 Å². The minimum Gasteiger partial charge on any atom is -0.459 e. The number of carbonyl (C=O) groups excluding carboxylic acids is 2. The van der Waals surface area contributed by atoms with Crippen molar-refractivity contribution in [2.45, 2.75) is 26.3 Å². The molecule has 0 N–H and O–H groups in total. The molecule has 2 amide bonds. The van der Waals surface area contributed by atoms with Crippen LogP contribution >= 0.6 is 0 Å². The third-order valence-corrected chi connectivity index (χ3v) is 7.96. The van der Waals surface area contributed by atoms with E-state index in [4.69, 9.17) is 9.40 Å². The number of piperidine rings is 1. The highest BCUT2D eigenvalue weighted by molar-refractivity contribution is 5.91. The van der Waals surface area contributed by atoms with E-state index < -0.39 is 0 Å². The first-order chi connectivity index (χ1) is 18.6. The molecule has 0 spiro atoms. The Kier molecular flexibility index (Phi) is 6.62. The minimum atomic E-state index is -0.107. The molecule has 38 heavy (non-hydrogen) atoms. The number of imidazole rings is 1. The van der Waals surface area contributed by atoms with Crippen molar-refractivity contribution in [3.8, 4) is 0 Å². The normalized spacial score (nSPS) is 16.8. The summed E-state index contributed by atoms with van der Waals surface area (Å²) >= 11 is 0. The first-order valence-electron chi connectivity index (χ1n) is 13.4. The van der Waals surface area contributed by atoms with Gasteiger partial charge in [-0.05, 0) is 55.2 Å². The van der Waals surface area contributed by atoms with Gasteiger partial charge in [0.25, 0.3) is 5.91 Å². The van der Waals surface area contributed by atoms with Crippen LogP contribution in [0.1, 0.15) is 34.5 Å². The van der Waals surface area contributed by atoms with Crippen molar-refractivity contribution in [1.82, 2.24) is 19.4 Å². The first kappa shape index (κ1) is 24.3. The molecule has 2 fully saturated rings. The van der Waals surface area contributed by atoms with Gasteiger partial charge >= 0.3 is 0 Å². The van der Waals surface area contributed by atoms with Crippen LogP contribution in [0, 0.1) is 12.8 Å². The van der Waals surface area contributed by atoms with E-state index in [0.29, 0.717) is 31.9 Å². The number of anilines is 1. The van der Waals surface area contributed by atoms with Gasteiger partial charge in [0.15, 0.2) is 5.76 Å². The second-order valence-electron chi connectivity index (χ2n) is 10.3. The smallest absolute Gasteiger partial charge is 0.289 e. The lowest BCUT2D eigenvalue weighted by atomic mass is 9.95. The zero-order valence-electron chi connectivity index (χ0n) is 21.8. The number of hydrogen-bond donors (Lipinski definition) is 0. The van der Waals surface area contributed by atoms with Crippen molar-refractivity contribution in [3.05, 3.63) is 83.8 Å². The fraction of sp³-hybridized carbons (Fsp3) is 0.367. The predicted octanol–water partition coefficient (Wildman–Crippen LogP) is 4.19. The Hall–Kier alpha value is -4.07. The Morgan fingerprint density at radius 2 is 1.58 bits per heavy atom. The third kappa shape index (κ3) is 4.66. The molecule has 2 aliphatic heterocycles. The Morgan fingerprint density at radius 3 is 2.32 bits per heavy atom. The minimum absolute atomic E-state index is 0.00720. The number of para-hydroxylation sites is 2. The second-order valence-corrected chi connectivity index (χ2v) is 10.3. The molecule has 4 heterocycles. The van der Waals surface area contributed by atoms with Gasteiger partial charge in [0.05, 0.1) is 23.8 Å². The van der Waals surface area contributed by atoms with Crippen molar-refractivity contribution < 1.29 is 14.0 Å². The monoisotopic (exact) mass is 511 g/mol. The summed E-state index contributed by atoms with van der Waals surface area (Å²) in [7, 11) is 0. The summed E-state index contributed by atoms with van der Waals surface area (Å²) in [5.41, 5.74) is 4.68. The number of carbonyl (C=O) groups is 2. The van der Waals surface area contributed by atoms with Crippen LogP contribution < -0.4 is 4.90 Å². The Labute approximate surface area is 222 Å². The van der Waals surface area contributed by atoms with Gasteiger partial charge in [0.2, 0.25) is 11.9 Å². The van der Waals surface area contributed by atoms with Gasteiger partial charge in [-0.15, -0.1) is 0 Å². The van der Waals surface area contributed by atoms with Crippen LogP contribution in [0.5, 0.6) is 0 Å². The SMILES string of the molecule is Cc1ccccc1Cn1c(N2CCC(C(=O)N3CCN(C(=O)c4ccco4)CC3)CC2)nc2ccccc21. The lowest BCUT2D eigenvalue weighted by molar-refractivity contribution is -0.137. The van der Waals surface area contributed by atoms with E-state index in [-0.39, 0.29) is 17.7 Å². The molecule has 0 saturated carbocycles. The Bertz CT molecular complexity index is 1430. The quantitative estimate of drug-likeness (QED) is 0.402. The van der Waals surface area contributed by atoms with E-state index in [1.165, 1.54) is 17.4 Å². The van der Waals surface area contributed by atoms with E-state index in [0.717, 1.165) is 49.5 Å². The lowest BCUT2D eigenvalue weighted by Crippen LogP contribution is -2.53. The molecule has 196 valence electrons. The molecule has 0 bridgehead atoms. The van der Waals surface area contributed by atoms with Gasteiger partial charge in [0, 0.05) is 45.2 Å². The summed E-state index contributed by atoms with van der Waals surface area (Å²) in [6.07, 6.45) is 3.12. The molecule has 2 aromatic heterocycles. The average molecular weight is 512 g/mol. The summed E-state index contributed by atoms with van der Waals surface area (Å²) in [5.74, 6) is 1.44. The van der Waals surface area contributed by atoms with E-state index in [1.54, 1.807) is 17.0 Å². The Morgan fingerprint density at radius 1 is 0.868 bits per heavy atom. The van der Waals surface area contributed by atoms with E-state index >= 15 is 0 Å². The summed E-state index contributed by atoms with van der Waals surface area (Å²) in [6.45, 7) is 6.71. The maximum absolute atomic E-state index is 13.4. The topological polar surface area (TPSA) is 74.8 Å². The van der Waals surface area contributed by atoms with Crippen LogP contribution in [0.4, 0.5) is 5.95 Å². The fourth-order valence-corrected chi connectivity index (χ4v) is 5.69. The molecule has 0 radical (unpaired) electrons. The van der Waals surface area contributed by atoms with Gasteiger partial charge in [-0.1, -0.05) is 36.4 Å². The fourth-order valence-electron chi connectivity index (χ4n) is 5.69. The third-order valence-electron chi connectivity index (χ3n) is 7.96. The van der Waals surface area contributed by atoms with Crippen molar-refractivity contribution in [2.75, 3.05) is 44.2 Å². The second kappa shape index (κ2) is 10.4. The summed E-state index contributed by atoms with van der Waals surface area (Å²) in [5, 5.41) is 0. The number of benzene rings is 2. The van der Waals surface area contributed by atoms with Gasteiger partial charge in [0.1, 0.15) is 0 Å². The number of hydrogen-bond acceptors (Lipinski definition) is 5. The summed E-state index contributed by atoms with van der Waals surface area (Å²) in [6, 6.07) is 20.2. The van der Waals surface area contributed by atoms with Crippen molar-refractivity contribution >= 4 is 28.8 Å². The highest BCUT2D eigenvalue weighted by Gasteiger charge is 2.33. The molecule has 2 aliphatic rings. The van der Waals surface area contributed by atoms with Crippen LogP contribution in [0.2, 0.25) is 0 Å². The van der Waals surface area contributed by atoms with E-state index in [2.05, 4.69) is 58.9 Å². The lowest BCUT2D eigenvalue weighted by Gasteiger charge is -2.38. The summed E-state index contributed by atoms with van der Waals surface area (Å²) in [4.78, 5) is 37.0. The number of aryl methyl sites for hydroxylation is 1. The van der Waals surface area contributed by atoms with Crippen LogP contribution in [0.15, 0.2) is 71.3 Å². The number of nitrogens with zero attached hydrogens (tertiary/aromatic N) is 5. The van der Waals surface area contributed by atoms with Crippen LogP contribution in [0.25, 0.3) is 11.0 Å². The average Bonchev–Trinajstić information content (AvgIpc) is 3.63. The standard InChI is InChI=1S/C30H33N5O3/c1-22-7-2-3-8-24(22)21-35-26-10-5-4-9-25(26)31-30(35)34-14-12-23(13-15-34)28(36)32-16-18-33(19-17-32)29(37)27-11-6-20-38-27/h2-11,20,23H,12-19,21H2,1H3. The molecule has 8 nitrogen and oxygen atoms in total. The van der Waals surface area contributed by atoms with E-state index in [1.807, 2.05) is 11.0 Å². The molecule has 0 atom stereocenters. The van der Waals surface area contributed by atoms with Crippen LogP contribution in [-0.4, -0.2) is 70.4 Å². The van der Waals surface area contributed by atoms with Crippen molar-refractivity contribution in [3.63, 3.8) is 0 Å². The number of aromatic nitrogens is 2. The largest absolute Gasteiger partial charge is 0.459 e. The maximum atomic E-state index is 13.4. The molecule has 2 aromatic carbocycles. The Balaban J connectivity index is 1.11. The molecule has 6 rings (SSSR count). The predicted molar refractivity (Wildman–Crippen MR) is 146 cm³/mol. The van der Waals surface area contributed by atoms with Crippen molar-refractivity contribution in [2.24, 2.45) is 5.92 Å². The molecule has 2 saturated heterocycles. The zero-order chi connectivity index (χ0) is 26.1. The van der Waals surface area contributed by atoms with Gasteiger partial charge < -0.3 is 23.7 Å². The van der Waals surface area contributed by atoms with Gasteiger partial charge in [-0.25, -0.2) is 4.98 Å². The number of fused-ring (bicyclic) bond motifs is 1. The van der Waals surface area contributed by atoms with E-state index in [9.17, 15) is 9.59 Å². The highest BCUT2D eigenvalue weighted by Crippen LogP contribution is 2.29. The van der Waals surface area contributed by atoms with Crippen molar-refractivity contribution in [1.29, 1.82) is 0 Å². The van der Waals surface area contributed by atoms with Gasteiger partial charge in [-0.2, -0.15) is 0 Å². The number of amides is 2. The maximum Gasteiger partial charge on any atom is 0.289 e. The number of piperazine rings is 1. The summed E-state index contributed by atoms with van der Waals surface area (Å²) < 4.78 is 7.56.